The first-order valence-corrected chi connectivity index (χ1v) is 9.98. The van der Waals surface area contributed by atoms with Crippen molar-refractivity contribution in [1.82, 2.24) is 5.32 Å². The van der Waals surface area contributed by atoms with Gasteiger partial charge in [0.15, 0.2) is 0 Å². The van der Waals surface area contributed by atoms with Crippen molar-refractivity contribution >= 4 is 11.6 Å². The molecule has 5 nitrogen and oxygen atoms in total. The van der Waals surface area contributed by atoms with E-state index in [0.29, 0.717) is 19.4 Å². The van der Waals surface area contributed by atoms with Gasteiger partial charge in [-0.25, -0.2) is 4.39 Å². The second-order valence-electron chi connectivity index (χ2n) is 7.38. The molecule has 0 radical (unpaired) electrons. The summed E-state index contributed by atoms with van der Waals surface area (Å²) in [7, 11) is 0. The minimum Gasteiger partial charge on any atom is -0.469 e. The number of benzene rings is 2. The van der Waals surface area contributed by atoms with E-state index in [-0.39, 0.29) is 30.2 Å². The van der Waals surface area contributed by atoms with E-state index >= 15 is 0 Å². The zero-order chi connectivity index (χ0) is 20.8. The van der Waals surface area contributed by atoms with Crippen molar-refractivity contribution in [3.63, 3.8) is 0 Å². The summed E-state index contributed by atoms with van der Waals surface area (Å²) in [6.07, 6.45) is 2.83. The van der Waals surface area contributed by atoms with Gasteiger partial charge in [0.05, 0.1) is 24.4 Å². The highest BCUT2D eigenvalue weighted by atomic mass is 19.1. The molecular weight excluding hydrogens is 383 g/mol. The van der Waals surface area contributed by atoms with Crippen LogP contribution in [0.1, 0.15) is 35.6 Å². The van der Waals surface area contributed by atoms with Crippen LogP contribution in [-0.4, -0.2) is 24.3 Å². The van der Waals surface area contributed by atoms with Crippen molar-refractivity contribution in [2.75, 3.05) is 6.54 Å². The molecule has 1 N–H and O–H groups in total. The number of carbonyl (C=O) groups is 1. The van der Waals surface area contributed by atoms with Gasteiger partial charge in [-0.05, 0) is 35.4 Å². The second-order valence-corrected chi connectivity index (χ2v) is 7.38. The summed E-state index contributed by atoms with van der Waals surface area (Å²) in [5.41, 5.74) is 2.73. The molecule has 0 aliphatic carbocycles. The fourth-order valence-electron chi connectivity index (χ4n) is 3.63. The highest BCUT2D eigenvalue weighted by Crippen LogP contribution is 2.28. The van der Waals surface area contributed by atoms with Crippen molar-refractivity contribution < 1.29 is 18.4 Å². The molecule has 30 heavy (non-hydrogen) atoms. The Hall–Kier alpha value is -3.41. The Kier molecular flexibility index (Phi) is 6.23. The molecular formula is C24H23FN2O3. The molecule has 0 saturated carbocycles. The fourth-order valence-corrected chi connectivity index (χ4v) is 3.63. The van der Waals surface area contributed by atoms with Gasteiger partial charge in [-0.1, -0.05) is 47.6 Å². The molecule has 154 valence electrons. The van der Waals surface area contributed by atoms with E-state index in [2.05, 4.69) is 10.5 Å². The summed E-state index contributed by atoms with van der Waals surface area (Å²) < 4.78 is 18.9. The lowest BCUT2D eigenvalue weighted by molar-refractivity contribution is -0.122. The van der Waals surface area contributed by atoms with Crippen LogP contribution >= 0.6 is 0 Å². The highest BCUT2D eigenvalue weighted by molar-refractivity contribution is 5.87. The normalized spacial score (nSPS) is 16.6. The van der Waals surface area contributed by atoms with Gasteiger partial charge in [0, 0.05) is 19.3 Å². The van der Waals surface area contributed by atoms with E-state index in [0.717, 1.165) is 22.6 Å². The van der Waals surface area contributed by atoms with Crippen LogP contribution in [0.4, 0.5) is 4.39 Å². The van der Waals surface area contributed by atoms with Crippen molar-refractivity contribution in [3.05, 3.63) is 95.7 Å². The molecule has 1 aliphatic rings. The first-order valence-electron chi connectivity index (χ1n) is 9.98. The maximum atomic E-state index is 13.3. The quantitative estimate of drug-likeness (QED) is 0.601. The molecule has 0 fully saturated rings. The van der Waals surface area contributed by atoms with Crippen LogP contribution in [0.15, 0.2) is 82.6 Å². The number of oxime groups is 1. The van der Waals surface area contributed by atoms with Gasteiger partial charge in [-0.15, -0.1) is 0 Å². The largest absolute Gasteiger partial charge is 0.469 e. The third kappa shape index (κ3) is 5.14. The molecule has 1 amide bonds. The van der Waals surface area contributed by atoms with Gasteiger partial charge in [-0.3, -0.25) is 4.79 Å². The summed E-state index contributed by atoms with van der Waals surface area (Å²) in [5.74, 6) is 0.266. The third-order valence-corrected chi connectivity index (χ3v) is 5.10. The molecule has 0 spiro atoms. The Morgan fingerprint density at radius 2 is 2.00 bits per heavy atom. The predicted octanol–water partition coefficient (Wildman–Crippen LogP) is 4.44. The first-order chi connectivity index (χ1) is 14.7. The molecule has 2 atom stereocenters. The molecule has 2 heterocycles. The number of nitrogens with one attached hydrogen (secondary N) is 1. The topological polar surface area (TPSA) is 63.8 Å². The summed E-state index contributed by atoms with van der Waals surface area (Å²) in [4.78, 5) is 18.0. The number of hydrogen-bond donors (Lipinski definition) is 1. The van der Waals surface area contributed by atoms with Crippen LogP contribution in [-0.2, 0) is 16.1 Å². The minimum absolute atomic E-state index is 0.0811. The Bertz CT molecular complexity index is 1000. The maximum absolute atomic E-state index is 13.3. The summed E-state index contributed by atoms with van der Waals surface area (Å²) in [6, 6.07) is 20.0. The molecule has 4 rings (SSSR count). The standard InChI is InChI=1S/C24H23FN2O3/c25-19-9-4-6-17(12-19)13-20-14-21(30-27-20)16-26-24(28)15-22(23-10-5-11-29-23)18-7-2-1-3-8-18/h1-12,21-22H,13-16H2,(H,26,28)/t21-,22+/m1/s1. The number of amides is 1. The van der Waals surface area contributed by atoms with Crippen LogP contribution < -0.4 is 5.32 Å². The molecule has 0 bridgehead atoms. The highest BCUT2D eigenvalue weighted by Gasteiger charge is 2.24. The van der Waals surface area contributed by atoms with Crippen molar-refractivity contribution in [2.45, 2.75) is 31.3 Å². The van der Waals surface area contributed by atoms with Crippen LogP contribution in [0.3, 0.4) is 0 Å². The average molecular weight is 406 g/mol. The fraction of sp³-hybridized carbons (Fsp3) is 0.250. The van der Waals surface area contributed by atoms with E-state index in [1.807, 2.05) is 48.5 Å². The molecule has 1 aromatic heterocycles. The minimum atomic E-state index is -0.264. The second kappa shape index (κ2) is 9.39. The molecule has 6 heteroatoms. The van der Waals surface area contributed by atoms with Crippen LogP contribution in [0.5, 0.6) is 0 Å². The molecule has 2 aromatic carbocycles. The number of nitrogens with zero attached hydrogens (tertiary/aromatic N) is 1. The number of carbonyl (C=O) groups excluding carboxylic acids is 1. The zero-order valence-electron chi connectivity index (χ0n) is 16.5. The SMILES string of the molecule is O=C(C[C@@H](c1ccccc1)c1ccco1)NC[C@H]1CC(Cc2cccc(F)c2)=NO1. The Balaban J connectivity index is 1.28. The van der Waals surface area contributed by atoms with E-state index in [4.69, 9.17) is 9.25 Å². The lowest BCUT2D eigenvalue weighted by Crippen LogP contribution is -2.33. The maximum Gasteiger partial charge on any atom is 0.221 e. The number of furan rings is 1. The predicted molar refractivity (Wildman–Crippen MR) is 112 cm³/mol. The van der Waals surface area contributed by atoms with Gasteiger partial charge >= 0.3 is 0 Å². The van der Waals surface area contributed by atoms with Gasteiger partial charge in [0.25, 0.3) is 0 Å². The average Bonchev–Trinajstić information content (AvgIpc) is 3.43. The zero-order valence-corrected chi connectivity index (χ0v) is 16.5. The van der Waals surface area contributed by atoms with Crippen LogP contribution in [0.2, 0.25) is 0 Å². The monoisotopic (exact) mass is 406 g/mol. The van der Waals surface area contributed by atoms with Crippen molar-refractivity contribution in [2.24, 2.45) is 5.16 Å². The summed E-state index contributed by atoms with van der Waals surface area (Å²) in [6.45, 7) is 0.370. The molecule has 1 aliphatic heterocycles. The first kappa shape index (κ1) is 19.9. The lowest BCUT2D eigenvalue weighted by atomic mass is 9.93. The number of hydrogen-bond acceptors (Lipinski definition) is 4. The van der Waals surface area contributed by atoms with E-state index in [1.165, 1.54) is 12.1 Å². The lowest BCUT2D eigenvalue weighted by Gasteiger charge is -2.16. The van der Waals surface area contributed by atoms with E-state index in [9.17, 15) is 9.18 Å². The number of halogens is 1. The van der Waals surface area contributed by atoms with Gasteiger partial charge in [0.1, 0.15) is 17.7 Å². The molecule has 0 unspecified atom stereocenters. The van der Waals surface area contributed by atoms with Crippen molar-refractivity contribution in [3.8, 4) is 0 Å². The Morgan fingerprint density at radius 1 is 1.13 bits per heavy atom. The number of rotatable bonds is 8. The summed E-state index contributed by atoms with van der Waals surface area (Å²) in [5, 5.41) is 7.04. The van der Waals surface area contributed by atoms with E-state index in [1.54, 1.807) is 12.3 Å². The Labute approximate surface area is 174 Å². The van der Waals surface area contributed by atoms with Gasteiger partial charge < -0.3 is 14.6 Å². The van der Waals surface area contributed by atoms with Crippen LogP contribution in [0, 0.1) is 5.82 Å². The van der Waals surface area contributed by atoms with Gasteiger partial charge in [-0.2, -0.15) is 0 Å². The van der Waals surface area contributed by atoms with E-state index < -0.39 is 0 Å². The Morgan fingerprint density at radius 3 is 2.77 bits per heavy atom. The van der Waals surface area contributed by atoms with Gasteiger partial charge in [0.2, 0.25) is 5.91 Å². The summed E-state index contributed by atoms with van der Waals surface area (Å²) >= 11 is 0. The molecule has 3 aromatic rings. The van der Waals surface area contributed by atoms with Crippen molar-refractivity contribution in [1.29, 1.82) is 0 Å². The molecule has 0 saturated heterocycles. The smallest absolute Gasteiger partial charge is 0.221 e. The van der Waals surface area contributed by atoms with Crippen LogP contribution in [0.25, 0.3) is 0 Å². The third-order valence-electron chi connectivity index (χ3n) is 5.10.